The first kappa shape index (κ1) is 10.5. The molecular weight excluding hydrogens is 210 g/mol. The quantitative estimate of drug-likeness (QED) is 0.617. The molecule has 1 atom stereocenters. The molecule has 5 heteroatoms. The van der Waals surface area contributed by atoms with Crippen molar-refractivity contribution >= 4 is 17.6 Å². The standard InChI is InChI=1S/C11H11NO4/c13-7-3-1-6-2-4-8(11(15)16)10(14)12-9(6)5-7/h1,3,5,8,13H,2,4H2,(H,12,14)(H,15,16). The summed E-state index contributed by atoms with van der Waals surface area (Å²) in [4.78, 5) is 22.4. The van der Waals surface area contributed by atoms with Crippen LogP contribution in [0.4, 0.5) is 5.69 Å². The Hall–Kier alpha value is -2.04. The van der Waals surface area contributed by atoms with Gasteiger partial charge in [0.25, 0.3) is 0 Å². The van der Waals surface area contributed by atoms with Gasteiger partial charge in [0.1, 0.15) is 11.7 Å². The summed E-state index contributed by atoms with van der Waals surface area (Å²) in [5.74, 6) is -2.62. The molecule has 16 heavy (non-hydrogen) atoms. The fraction of sp³-hybridized carbons (Fsp3) is 0.273. The monoisotopic (exact) mass is 221 g/mol. The number of aliphatic carboxylic acids is 1. The second kappa shape index (κ2) is 3.84. The van der Waals surface area contributed by atoms with Crippen molar-refractivity contribution in [1.82, 2.24) is 0 Å². The van der Waals surface area contributed by atoms with E-state index in [1.807, 2.05) is 0 Å². The molecule has 3 N–H and O–H groups in total. The molecule has 1 aliphatic heterocycles. The average molecular weight is 221 g/mol. The zero-order valence-electron chi connectivity index (χ0n) is 8.43. The highest BCUT2D eigenvalue weighted by Gasteiger charge is 2.29. The number of carbonyl (C=O) groups is 2. The van der Waals surface area contributed by atoms with E-state index >= 15 is 0 Å². The molecule has 0 saturated heterocycles. The minimum Gasteiger partial charge on any atom is -0.508 e. The van der Waals surface area contributed by atoms with Crippen LogP contribution in [-0.4, -0.2) is 22.1 Å². The number of carbonyl (C=O) groups excluding carboxylic acids is 1. The van der Waals surface area contributed by atoms with E-state index in [1.54, 1.807) is 6.07 Å². The Morgan fingerprint density at radius 3 is 2.88 bits per heavy atom. The second-order valence-electron chi connectivity index (χ2n) is 3.76. The van der Waals surface area contributed by atoms with Crippen molar-refractivity contribution in [2.24, 2.45) is 5.92 Å². The van der Waals surface area contributed by atoms with Crippen LogP contribution >= 0.6 is 0 Å². The van der Waals surface area contributed by atoms with Crippen molar-refractivity contribution in [3.8, 4) is 5.75 Å². The molecule has 0 saturated carbocycles. The number of benzene rings is 1. The Morgan fingerprint density at radius 2 is 2.19 bits per heavy atom. The maximum absolute atomic E-state index is 11.6. The lowest BCUT2D eigenvalue weighted by Gasteiger charge is -2.07. The first-order valence-corrected chi connectivity index (χ1v) is 4.93. The molecule has 0 radical (unpaired) electrons. The van der Waals surface area contributed by atoms with E-state index in [0.29, 0.717) is 12.1 Å². The van der Waals surface area contributed by atoms with Gasteiger partial charge in [-0.3, -0.25) is 9.59 Å². The van der Waals surface area contributed by atoms with Crippen molar-refractivity contribution in [3.05, 3.63) is 23.8 Å². The van der Waals surface area contributed by atoms with E-state index in [-0.39, 0.29) is 12.2 Å². The predicted molar refractivity (Wildman–Crippen MR) is 56.2 cm³/mol. The molecule has 1 aromatic rings. The summed E-state index contributed by atoms with van der Waals surface area (Å²) >= 11 is 0. The molecule has 0 aromatic heterocycles. The summed E-state index contributed by atoms with van der Waals surface area (Å²) in [6.45, 7) is 0. The minimum atomic E-state index is -1.12. The molecule has 1 aliphatic rings. The maximum Gasteiger partial charge on any atom is 0.316 e. The van der Waals surface area contributed by atoms with Gasteiger partial charge < -0.3 is 15.5 Å². The molecule has 0 bridgehead atoms. The lowest BCUT2D eigenvalue weighted by Crippen LogP contribution is -2.28. The molecule has 1 amide bonds. The van der Waals surface area contributed by atoms with Gasteiger partial charge in [0.2, 0.25) is 5.91 Å². The Labute approximate surface area is 91.7 Å². The predicted octanol–water partition coefficient (Wildman–Crippen LogP) is 0.978. The van der Waals surface area contributed by atoms with Gasteiger partial charge in [0, 0.05) is 11.8 Å². The number of aryl methyl sites for hydroxylation is 1. The lowest BCUT2D eigenvalue weighted by molar-refractivity contribution is -0.145. The van der Waals surface area contributed by atoms with E-state index in [0.717, 1.165) is 5.56 Å². The number of hydrogen-bond donors (Lipinski definition) is 3. The number of aromatic hydroxyl groups is 1. The highest BCUT2D eigenvalue weighted by atomic mass is 16.4. The average Bonchev–Trinajstić information content (AvgIpc) is 2.35. The van der Waals surface area contributed by atoms with Gasteiger partial charge in [0.15, 0.2) is 0 Å². The van der Waals surface area contributed by atoms with Crippen LogP contribution in [0.2, 0.25) is 0 Å². The van der Waals surface area contributed by atoms with E-state index < -0.39 is 17.8 Å². The van der Waals surface area contributed by atoms with Gasteiger partial charge in [-0.25, -0.2) is 0 Å². The molecule has 84 valence electrons. The lowest BCUT2D eigenvalue weighted by atomic mass is 10.0. The Kier molecular flexibility index (Phi) is 2.52. The Balaban J connectivity index is 2.33. The minimum absolute atomic E-state index is 0.0489. The topological polar surface area (TPSA) is 86.6 Å². The second-order valence-corrected chi connectivity index (χ2v) is 3.76. The van der Waals surface area contributed by atoms with Crippen LogP contribution in [0.15, 0.2) is 18.2 Å². The smallest absolute Gasteiger partial charge is 0.316 e. The highest BCUT2D eigenvalue weighted by Crippen LogP contribution is 2.27. The van der Waals surface area contributed by atoms with Crippen molar-refractivity contribution in [1.29, 1.82) is 0 Å². The van der Waals surface area contributed by atoms with E-state index in [2.05, 4.69) is 5.32 Å². The molecule has 1 unspecified atom stereocenters. The summed E-state index contributed by atoms with van der Waals surface area (Å²) in [6.07, 6.45) is 0.782. The summed E-state index contributed by atoms with van der Waals surface area (Å²) in [7, 11) is 0. The zero-order valence-corrected chi connectivity index (χ0v) is 8.43. The number of amides is 1. The number of phenols is 1. The summed E-state index contributed by atoms with van der Waals surface area (Å²) in [5.41, 5.74) is 1.34. The molecule has 5 nitrogen and oxygen atoms in total. The number of fused-ring (bicyclic) bond motifs is 1. The molecule has 2 rings (SSSR count). The number of rotatable bonds is 1. The molecule has 0 spiro atoms. The van der Waals surface area contributed by atoms with Crippen LogP contribution in [0, 0.1) is 5.92 Å². The van der Waals surface area contributed by atoms with Crippen LogP contribution in [0.25, 0.3) is 0 Å². The Morgan fingerprint density at radius 1 is 1.44 bits per heavy atom. The first-order chi connectivity index (χ1) is 7.58. The first-order valence-electron chi connectivity index (χ1n) is 4.93. The molecule has 1 aromatic carbocycles. The van der Waals surface area contributed by atoms with Crippen molar-refractivity contribution in [2.45, 2.75) is 12.8 Å². The van der Waals surface area contributed by atoms with Crippen LogP contribution < -0.4 is 5.32 Å². The number of carboxylic acids is 1. The molecule has 0 fully saturated rings. The number of nitrogens with one attached hydrogen (secondary N) is 1. The number of phenolic OH excluding ortho intramolecular Hbond substituents is 1. The fourth-order valence-electron chi connectivity index (χ4n) is 1.79. The fourth-order valence-corrected chi connectivity index (χ4v) is 1.79. The zero-order chi connectivity index (χ0) is 11.7. The third kappa shape index (κ3) is 1.84. The van der Waals surface area contributed by atoms with Gasteiger partial charge in [-0.1, -0.05) is 6.07 Å². The van der Waals surface area contributed by atoms with Crippen LogP contribution in [0.5, 0.6) is 5.75 Å². The third-order valence-electron chi connectivity index (χ3n) is 2.67. The van der Waals surface area contributed by atoms with Crippen LogP contribution in [0.3, 0.4) is 0 Å². The van der Waals surface area contributed by atoms with Crippen LogP contribution in [0.1, 0.15) is 12.0 Å². The normalized spacial score (nSPS) is 19.5. The Bertz CT molecular complexity index is 455. The van der Waals surface area contributed by atoms with E-state index in [1.165, 1.54) is 12.1 Å². The number of hydrogen-bond acceptors (Lipinski definition) is 3. The molecule has 0 aliphatic carbocycles. The van der Waals surface area contributed by atoms with E-state index in [9.17, 15) is 14.7 Å². The van der Waals surface area contributed by atoms with Gasteiger partial charge >= 0.3 is 5.97 Å². The summed E-state index contributed by atoms with van der Waals surface area (Å²) in [5, 5.41) is 20.6. The van der Waals surface area contributed by atoms with Crippen molar-refractivity contribution in [2.75, 3.05) is 5.32 Å². The largest absolute Gasteiger partial charge is 0.508 e. The van der Waals surface area contributed by atoms with Crippen molar-refractivity contribution in [3.63, 3.8) is 0 Å². The summed E-state index contributed by atoms with van der Waals surface area (Å²) in [6, 6.07) is 4.64. The summed E-state index contributed by atoms with van der Waals surface area (Å²) < 4.78 is 0. The van der Waals surface area contributed by atoms with Crippen molar-refractivity contribution < 1.29 is 19.8 Å². The van der Waals surface area contributed by atoms with Gasteiger partial charge in [-0.05, 0) is 24.5 Å². The highest BCUT2D eigenvalue weighted by molar-refractivity contribution is 6.05. The van der Waals surface area contributed by atoms with Gasteiger partial charge in [0.05, 0.1) is 0 Å². The third-order valence-corrected chi connectivity index (χ3v) is 2.67. The maximum atomic E-state index is 11.6. The van der Waals surface area contributed by atoms with E-state index in [4.69, 9.17) is 5.11 Å². The molecular formula is C11H11NO4. The van der Waals surface area contributed by atoms with Gasteiger partial charge in [-0.2, -0.15) is 0 Å². The number of anilines is 1. The van der Waals surface area contributed by atoms with Crippen LogP contribution in [-0.2, 0) is 16.0 Å². The SMILES string of the molecule is O=C(O)C1CCc2ccc(O)cc2NC1=O. The number of carboxylic acid groups (broad SMARTS) is 1. The molecule has 1 heterocycles. The van der Waals surface area contributed by atoms with Gasteiger partial charge in [-0.15, -0.1) is 0 Å².